The maximum absolute atomic E-state index is 12.6. The average molecular weight is 364 g/mol. The zero-order valence-electron chi connectivity index (χ0n) is 14.7. The summed E-state index contributed by atoms with van der Waals surface area (Å²) in [6.07, 6.45) is 0.510. The van der Waals surface area contributed by atoms with Crippen molar-refractivity contribution in [3.63, 3.8) is 0 Å². The number of ether oxygens (including phenoxy) is 2. The third-order valence-electron chi connectivity index (χ3n) is 3.63. The van der Waals surface area contributed by atoms with E-state index in [0.717, 1.165) is 0 Å². The van der Waals surface area contributed by atoms with E-state index in [1.165, 1.54) is 6.07 Å². The van der Waals surface area contributed by atoms with Gasteiger partial charge in [0.2, 0.25) is 0 Å². The highest BCUT2D eigenvalue weighted by atomic mass is 19.3. The maximum Gasteiger partial charge on any atom is 0.387 e. The van der Waals surface area contributed by atoms with E-state index in [4.69, 9.17) is 4.74 Å². The summed E-state index contributed by atoms with van der Waals surface area (Å²) < 4.78 is 35.1. The van der Waals surface area contributed by atoms with Gasteiger partial charge in [-0.3, -0.25) is 0 Å². The fourth-order valence-electron chi connectivity index (χ4n) is 2.53. The SMILES string of the molecule is CCOc1cccc(NC(=O)NC(CC)c2ccccc2OC(F)F)c1. The highest BCUT2D eigenvalue weighted by Gasteiger charge is 2.18. The van der Waals surface area contributed by atoms with Crippen molar-refractivity contribution in [2.45, 2.75) is 32.9 Å². The Balaban J connectivity index is 2.08. The zero-order chi connectivity index (χ0) is 18.9. The van der Waals surface area contributed by atoms with Crippen LogP contribution in [0.25, 0.3) is 0 Å². The summed E-state index contributed by atoms with van der Waals surface area (Å²) in [6, 6.07) is 12.5. The lowest BCUT2D eigenvalue weighted by atomic mass is 10.0. The first-order chi connectivity index (χ1) is 12.5. The lowest BCUT2D eigenvalue weighted by Crippen LogP contribution is -2.32. The molecule has 7 heteroatoms. The lowest BCUT2D eigenvalue weighted by Gasteiger charge is -2.21. The Hall–Kier alpha value is -2.83. The predicted molar refractivity (Wildman–Crippen MR) is 95.9 cm³/mol. The second kappa shape index (κ2) is 9.60. The van der Waals surface area contributed by atoms with E-state index in [1.54, 1.807) is 42.5 Å². The average Bonchev–Trinajstić information content (AvgIpc) is 2.60. The largest absolute Gasteiger partial charge is 0.494 e. The number of amides is 2. The Bertz CT molecular complexity index is 725. The molecular weight excluding hydrogens is 342 g/mol. The number of halogens is 2. The van der Waals surface area contributed by atoms with Gasteiger partial charge >= 0.3 is 12.6 Å². The van der Waals surface area contributed by atoms with Crippen molar-refractivity contribution in [1.29, 1.82) is 0 Å². The van der Waals surface area contributed by atoms with Gasteiger partial charge < -0.3 is 20.1 Å². The fraction of sp³-hybridized carbons (Fsp3) is 0.316. The molecular formula is C19H22F2N2O3. The molecule has 140 valence electrons. The number of para-hydroxylation sites is 1. The van der Waals surface area contributed by atoms with Gasteiger partial charge in [0.05, 0.1) is 12.6 Å². The van der Waals surface area contributed by atoms with Gasteiger partial charge in [0, 0.05) is 17.3 Å². The van der Waals surface area contributed by atoms with E-state index in [-0.39, 0.29) is 5.75 Å². The summed E-state index contributed by atoms with van der Waals surface area (Å²) in [5.41, 5.74) is 1.06. The van der Waals surface area contributed by atoms with Gasteiger partial charge in [-0.2, -0.15) is 8.78 Å². The monoisotopic (exact) mass is 364 g/mol. The molecule has 2 aromatic carbocycles. The molecule has 0 saturated heterocycles. The van der Waals surface area contributed by atoms with Crippen molar-refractivity contribution >= 4 is 11.7 Å². The molecule has 5 nitrogen and oxygen atoms in total. The molecule has 1 unspecified atom stereocenters. The van der Waals surface area contributed by atoms with Gasteiger partial charge in [-0.15, -0.1) is 0 Å². The van der Waals surface area contributed by atoms with E-state index < -0.39 is 18.7 Å². The van der Waals surface area contributed by atoms with Gasteiger partial charge in [-0.1, -0.05) is 31.2 Å². The van der Waals surface area contributed by atoms with E-state index in [0.29, 0.717) is 30.0 Å². The van der Waals surface area contributed by atoms with Crippen molar-refractivity contribution in [2.75, 3.05) is 11.9 Å². The highest BCUT2D eigenvalue weighted by Crippen LogP contribution is 2.28. The van der Waals surface area contributed by atoms with E-state index >= 15 is 0 Å². The number of anilines is 1. The second-order valence-corrected chi connectivity index (χ2v) is 5.44. The van der Waals surface area contributed by atoms with Gasteiger partial charge in [0.25, 0.3) is 0 Å². The summed E-state index contributed by atoms with van der Waals surface area (Å²) in [4.78, 5) is 12.3. The lowest BCUT2D eigenvalue weighted by molar-refractivity contribution is -0.0506. The predicted octanol–water partition coefficient (Wildman–Crippen LogP) is 4.96. The number of hydrogen-bond donors (Lipinski definition) is 2. The summed E-state index contributed by atoms with van der Waals surface area (Å²) in [7, 11) is 0. The minimum Gasteiger partial charge on any atom is -0.494 e. The van der Waals surface area contributed by atoms with Crippen molar-refractivity contribution in [1.82, 2.24) is 5.32 Å². The number of urea groups is 1. The molecule has 0 aliphatic rings. The Morgan fingerprint density at radius 2 is 1.88 bits per heavy atom. The molecule has 1 atom stereocenters. The van der Waals surface area contributed by atoms with E-state index in [9.17, 15) is 13.6 Å². The van der Waals surface area contributed by atoms with Crippen LogP contribution in [0.15, 0.2) is 48.5 Å². The first-order valence-electron chi connectivity index (χ1n) is 8.37. The fourth-order valence-corrected chi connectivity index (χ4v) is 2.53. The van der Waals surface area contributed by atoms with Crippen LogP contribution in [0.3, 0.4) is 0 Å². The van der Waals surface area contributed by atoms with Crippen LogP contribution in [0, 0.1) is 0 Å². The number of carbonyl (C=O) groups excluding carboxylic acids is 1. The zero-order valence-corrected chi connectivity index (χ0v) is 14.7. The topological polar surface area (TPSA) is 59.6 Å². The molecule has 0 heterocycles. The highest BCUT2D eigenvalue weighted by molar-refractivity contribution is 5.89. The van der Waals surface area contributed by atoms with Gasteiger partial charge in [0.15, 0.2) is 0 Å². The normalized spacial score (nSPS) is 11.7. The van der Waals surface area contributed by atoms with Crippen molar-refractivity contribution in [3.05, 3.63) is 54.1 Å². The van der Waals surface area contributed by atoms with Crippen LogP contribution in [-0.4, -0.2) is 19.2 Å². The van der Waals surface area contributed by atoms with Crippen LogP contribution in [0.4, 0.5) is 19.3 Å². The van der Waals surface area contributed by atoms with Crippen molar-refractivity contribution in [2.24, 2.45) is 0 Å². The molecule has 0 bridgehead atoms. The first kappa shape index (κ1) is 19.5. The molecule has 2 N–H and O–H groups in total. The molecule has 2 rings (SSSR count). The van der Waals surface area contributed by atoms with Crippen molar-refractivity contribution in [3.8, 4) is 11.5 Å². The molecule has 2 aromatic rings. The summed E-state index contributed by atoms with van der Waals surface area (Å²) in [6.45, 7) is 1.31. The number of alkyl halides is 2. The van der Waals surface area contributed by atoms with Gasteiger partial charge in [-0.25, -0.2) is 4.79 Å². The minimum atomic E-state index is -2.93. The molecule has 0 aliphatic heterocycles. The van der Waals surface area contributed by atoms with Gasteiger partial charge in [-0.05, 0) is 31.5 Å². The quantitative estimate of drug-likeness (QED) is 0.696. The number of benzene rings is 2. The van der Waals surface area contributed by atoms with Crippen molar-refractivity contribution < 1.29 is 23.0 Å². The smallest absolute Gasteiger partial charge is 0.387 e. The molecule has 0 saturated carbocycles. The molecule has 0 aliphatic carbocycles. The molecule has 2 amide bonds. The number of rotatable bonds is 8. The molecule has 26 heavy (non-hydrogen) atoms. The Labute approximate surface area is 151 Å². The summed E-state index contributed by atoms with van der Waals surface area (Å²) in [5, 5.41) is 5.50. The third-order valence-corrected chi connectivity index (χ3v) is 3.63. The first-order valence-corrected chi connectivity index (χ1v) is 8.37. The molecule has 0 fully saturated rings. The Kier molecular flexibility index (Phi) is 7.20. The minimum absolute atomic E-state index is 0.0491. The van der Waals surface area contributed by atoms with Crippen LogP contribution in [0.2, 0.25) is 0 Å². The third kappa shape index (κ3) is 5.61. The Morgan fingerprint density at radius 1 is 1.12 bits per heavy atom. The van der Waals surface area contributed by atoms with Crippen LogP contribution in [-0.2, 0) is 0 Å². The molecule has 0 radical (unpaired) electrons. The summed E-state index contributed by atoms with van der Waals surface area (Å²) >= 11 is 0. The van der Waals surface area contributed by atoms with Crippen LogP contribution in [0.1, 0.15) is 31.9 Å². The molecule has 0 aromatic heterocycles. The van der Waals surface area contributed by atoms with E-state index in [1.807, 2.05) is 13.8 Å². The van der Waals surface area contributed by atoms with Gasteiger partial charge in [0.1, 0.15) is 11.5 Å². The van der Waals surface area contributed by atoms with E-state index in [2.05, 4.69) is 15.4 Å². The maximum atomic E-state index is 12.6. The Morgan fingerprint density at radius 3 is 2.58 bits per heavy atom. The number of carbonyl (C=O) groups is 1. The second-order valence-electron chi connectivity index (χ2n) is 5.44. The standard InChI is InChI=1S/C19H22F2N2O3/c1-3-16(15-10-5-6-11-17(15)26-18(20)21)23-19(24)22-13-8-7-9-14(12-13)25-4-2/h5-12,16,18H,3-4H2,1-2H3,(H2,22,23,24). The summed E-state index contributed by atoms with van der Waals surface area (Å²) in [5.74, 6) is 0.695. The number of nitrogens with one attached hydrogen (secondary N) is 2. The van der Waals surface area contributed by atoms with Crippen LogP contribution in [0.5, 0.6) is 11.5 Å². The number of hydrogen-bond acceptors (Lipinski definition) is 3. The van der Waals surface area contributed by atoms with Crippen LogP contribution >= 0.6 is 0 Å². The van der Waals surface area contributed by atoms with Crippen LogP contribution < -0.4 is 20.1 Å². The molecule has 0 spiro atoms.